The molecule has 1 atom stereocenters. The third-order valence-electron chi connectivity index (χ3n) is 4.52. The Kier molecular flexibility index (Phi) is 4.79. The molecular formula is C19H22N2O5S. The van der Waals surface area contributed by atoms with Crippen LogP contribution in [0, 0.1) is 5.41 Å². The first-order valence-electron chi connectivity index (χ1n) is 8.38. The van der Waals surface area contributed by atoms with Crippen LogP contribution >= 0.6 is 0 Å². The highest BCUT2D eigenvalue weighted by Gasteiger charge is 2.32. The van der Waals surface area contributed by atoms with Crippen LogP contribution in [0.15, 0.2) is 60.6 Å². The first-order chi connectivity index (χ1) is 12.6. The first kappa shape index (κ1) is 19.1. The van der Waals surface area contributed by atoms with E-state index in [0.717, 1.165) is 21.6 Å². The molecule has 0 bridgehead atoms. The van der Waals surface area contributed by atoms with E-state index in [2.05, 4.69) is 0 Å². The highest BCUT2D eigenvalue weighted by Crippen LogP contribution is 2.39. The van der Waals surface area contributed by atoms with E-state index >= 15 is 0 Å². The summed E-state index contributed by atoms with van der Waals surface area (Å²) in [6.07, 6.45) is 0.736. The number of aromatic hydroxyl groups is 1. The lowest BCUT2D eigenvalue weighted by molar-refractivity contribution is 0.0494. The summed E-state index contributed by atoms with van der Waals surface area (Å²) < 4.78 is 26.6. The van der Waals surface area contributed by atoms with Gasteiger partial charge in [0.05, 0.1) is 12.3 Å². The normalized spacial score (nSPS) is 17.3. The number of rotatable bonds is 5. The van der Waals surface area contributed by atoms with Crippen LogP contribution in [0.4, 0.5) is 5.69 Å². The molecule has 0 saturated carbocycles. The lowest BCUT2D eigenvalue weighted by atomic mass is 9.77. The van der Waals surface area contributed by atoms with E-state index in [1.807, 2.05) is 48.9 Å². The first-order valence-corrected chi connectivity index (χ1v) is 9.82. The van der Waals surface area contributed by atoms with Gasteiger partial charge >= 0.3 is 10.2 Å². The van der Waals surface area contributed by atoms with Gasteiger partial charge in [-0.05, 0) is 35.1 Å². The summed E-state index contributed by atoms with van der Waals surface area (Å²) >= 11 is 0. The Hall–Kier alpha value is -2.71. The van der Waals surface area contributed by atoms with Gasteiger partial charge in [-0.3, -0.25) is 0 Å². The van der Waals surface area contributed by atoms with Crippen molar-refractivity contribution in [3.05, 3.63) is 71.7 Å². The summed E-state index contributed by atoms with van der Waals surface area (Å²) in [7, 11) is -3.97. The smallest absolute Gasteiger partial charge is 0.330 e. The Morgan fingerprint density at radius 1 is 1.11 bits per heavy atom. The molecule has 0 aliphatic carbocycles. The van der Waals surface area contributed by atoms with Crippen molar-refractivity contribution in [1.29, 1.82) is 0 Å². The average Bonchev–Trinajstić information content (AvgIpc) is 2.87. The van der Waals surface area contributed by atoms with Crippen LogP contribution in [-0.2, 0) is 16.6 Å². The van der Waals surface area contributed by atoms with Crippen molar-refractivity contribution in [2.24, 2.45) is 5.41 Å². The monoisotopic (exact) mass is 390 g/mol. The molecule has 1 aliphatic rings. The van der Waals surface area contributed by atoms with Gasteiger partial charge in [-0.2, -0.15) is 8.42 Å². The lowest BCUT2D eigenvalue weighted by Gasteiger charge is -2.31. The Balaban J connectivity index is 1.84. The van der Waals surface area contributed by atoms with Crippen LogP contribution in [0.2, 0.25) is 0 Å². The summed E-state index contributed by atoms with van der Waals surface area (Å²) in [4.78, 5) is 0. The van der Waals surface area contributed by atoms with Crippen molar-refractivity contribution in [1.82, 2.24) is 4.72 Å². The zero-order valence-electron chi connectivity index (χ0n) is 15.0. The molecule has 0 fully saturated rings. The molecule has 2 aromatic rings. The van der Waals surface area contributed by atoms with Gasteiger partial charge in [-0.25, -0.2) is 9.03 Å². The number of aliphatic hydroxyl groups excluding tert-OH is 2. The molecule has 8 heteroatoms. The highest BCUT2D eigenvalue weighted by atomic mass is 32.2. The minimum atomic E-state index is -3.97. The predicted molar refractivity (Wildman–Crippen MR) is 102 cm³/mol. The van der Waals surface area contributed by atoms with E-state index < -0.39 is 27.6 Å². The van der Waals surface area contributed by atoms with Crippen molar-refractivity contribution >= 4 is 15.9 Å². The summed E-state index contributed by atoms with van der Waals surface area (Å²) in [5, 5.41) is 30.4. The molecule has 27 heavy (non-hydrogen) atoms. The van der Waals surface area contributed by atoms with E-state index in [1.165, 1.54) is 12.1 Å². The Bertz CT molecular complexity index is 971. The van der Waals surface area contributed by atoms with Crippen LogP contribution in [0.3, 0.4) is 0 Å². The molecule has 0 radical (unpaired) electrons. The molecule has 144 valence electrons. The standard InChI is InChI=1S/C19H22N2O5S/c1-19(2,18(24)14-6-4-3-5-7-14)11-13-8-9-15(16(22)10-13)21-12-17(23)20-27(21,25)26/h3-10,12,18,20,22-24H,11H2,1-2H3. The maximum absolute atomic E-state index is 11.9. The van der Waals surface area contributed by atoms with E-state index in [4.69, 9.17) is 0 Å². The number of phenols is 1. The Labute approximate surface area is 158 Å². The fourth-order valence-corrected chi connectivity index (χ4v) is 4.23. The Morgan fingerprint density at radius 2 is 1.78 bits per heavy atom. The molecule has 7 nitrogen and oxygen atoms in total. The number of nitrogens with zero attached hydrogens (tertiary/aromatic N) is 1. The van der Waals surface area contributed by atoms with Gasteiger partial charge in [0.1, 0.15) is 11.4 Å². The lowest BCUT2D eigenvalue weighted by Crippen LogP contribution is -2.29. The second-order valence-corrected chi connectivity index (χ2v) is 8.77. The maximum atomic E-state index is 11.9. The molecule has 1 heterocycles. The number of hydrogen-bond acceptors (Lipinski definition) is 5. The Morgan fingerprint density at radius 3 is 2.33 bits per heavy atom. The molecule has 0 aromatic heterocycles. The van der Waals surface area contributed by atoms with Crippen LogP contribution in [0.25, 0.3) is 0 Å². The van der Waals surface area contributed by atoms with E-state index in [0.29, 0.717) is 6.42 Å². The molecular weight excluding hydrogens is 368 g/mol. The van der Waals surface area contributed by atoms with E-state index in [9.17, 15) is 23.7 Å². The van der Waals surface area contributed by atoms with Crippen molar-refractivity contribution in [3.63, 3.8) is 0 Å². The van der Waals surface area contributed by atoms with E-state index in [-0.39, 0.29) is 11.4 Å². The van der Waals surface area contributed by atoms with Gasteiger partial charge in [0.25, 0.3) is 0 Å². The molecule has 0 saturated heterocycles. The van der Waals surface area contributed by atoms with Crippen molar-refractivity contribution in [3.8, 4) is 5.75 Å². The van der Waals surface area contributed by atoms with Crippen molar-refractivity contribution < 1.29 is 23.7 Å². The molecule has 0 amide bonds. The van der Waals surface area contributed by atoms with E-state index in [1.54, 1.807) is 6.07 Å². The van der Waals surface area contributed by atoms with Gasteiger partial charge in [-0.1, -0.05) is 50.2 Å². The SMILES string of the molecule is CC(C)(Cc1ccc(N2C=C(O)NS2(=O)=O)c(O)c1)C(O)c1ccccc1. The summed E-state index contributed by atoms with van der Waals surface area (Å²) in [6, 6.07) is 13.9. The summed E-state index contributed by atoms with van der Waals surface area (Å²) in [5.41, 5.74) is 1.05. The number of phenolic OH excluding ortho intramolecular Hbond substituents is 1. The molecule has 1 aliphatic heterocycles. The van der Waals surface area contributed by atoms with Crippen molar-refractivity contribution in [2.75, 3.05) is 4.31 Å². The molecule has 1 unspecified atom stereocenters. The molecule has 2 aromatic carbocycles. The number of anilines is 1. The molecule has 3 rings (SSSR count). The minimum Gasteiger partial charge on any atom is -0.506 e. The zero-order chi connectivity index (χ0) is 19.8. The van der Waals surface area contributed by atoms with Crippen LogP contribution < -0.4 is 9.03 Å². The van der Waals surface area contributed by atoms with Gasteiger partial charge in [-0.15, -0.1) is 0 Å². The number of nitrogens with one attached hydrogen (secondary N) is 1. The fraction of sp³-hybridized carbons (Fsp3) is 0.263. The highest BCUT2D eigenvalue weighted by molar-refractivity contribution is 7.91. The quantitative estimate of drug-likeness (QED) is 0.627. The van der Waals surface area contributed by atoms with Crippen molar-refractivity contribution in [2.45, 2.75) is 26.4 Å². The predicted octanol–water partition coefficient (Wildman–Crippen LogP) is 2.71. The third-order valence-corrected chi connectivity index (χ3v) is 5.81. The molecule has 0 spiro atoms. The number of hydrogen-bond donors (Lipinski definition) is 4. The van der Waals surface area contributed by atoms with Crippen LogP contribution in [0.1, 0.15) is 31.1 Å². The summed E-state index contributed by atoms with van der Waals surface area (Å²) in [5.74, 6) is -0.764. The van der Waals surface area contributed by atoms with Crippen LogP contribution in [0.5, 0.6) is 5.75 Å². The largest absolute Gasteiger partial charge is 0.506 e. The van der Waals surface area contributed by atoms with Crippen LogP contribution in [-0.4, -0.2) is 23.7 Å². The number of aliphatic hydroxyl groups is 2. The van der Waals surface area contributed by atoms with Gasteiger partial charge in [0.2, 0.25) is 5.88 Å². The topological polar surface area (TPSA) is 110 Å². The fourth-order valence-electron chi connectivity index (χ4n) is 3.16. The van der Waals surface area contributed by atoms with Gasteiger partial charge in [0.15, 0.2) is 0 Å². The number of benzene rings is 2. The average molecular weight is 390 g/mol. The second kappa shape index (κ2) is 6.79. The zero-order valence-corrected chi connectivity index (χ0v) is 15.8. The third kappa shape index (κ3) is 3.86. The minimum absolute atomic E-state index is 0.0247. The summed E-state index contributed by atoms with van der Waals surface area (Å²) in [6.45, 7) is 3.84. The van der Waals surface area contributed by atoms with Gasteiger partial charge < -0.3 is 15.3 Å². The maximum Gasteiger partial charge on any atom is 0.330 e. The van der Waals surface area contributed by atoms with Gasteiger partial charge in [0, 0.05) is 0 Å². The second-order valence-electron chi connectivity index (χ2n) is 7.22. The molecule has 4 N–H and O–H groups in total.